The van der Waals surface area contributed by atoms with E-state index >= 15 is 0 Å². The molecule has 1 unspecified atom stereocenters. The van der Waals surface area contributed by atoms with Crippen LogP contribution in [0.5, 0.6) is 0 Å². The third kappa shape index (κ3) is 9.13. The van der Waals surface area contributed by atoms with E-state index in [2.05, 4.69) is 32.6 Å². The smallest absolute Gasteiger partial charge is 0.0897 e. The van der Waals surface area contributed by atoms with Gasteiger partial charge in [-0.15, -0.1) is 0 Å². The monoisotopic (exact) mass is 231 g/mol. The van der Waals surface area contributed by atoms with Crippen LogP contribution < -0.4 is 0 Å². The summed E-state index contributed by atoms with van der Waals surface area (Å²) >= 11 is 0. The van der Waals surface area contributed by atoms with Crippen LogP contribution in [0.2, 0.25) is 0 Å². The first-order valence-electron chi connectivity index (χ1n) is 6.47. The van der Waals surface area contributed by atoms with Crippen LogP contribution in [-0.4, -0.2) is 47.5 Å². The zero-order chi connectivity index (χ0) is 12.6. The summed E-state index contributed by atoms with van der Waals surface area (Å²) in [6, 6.07) is 0. The van der Waals surface area contributed by atoms with Crippen LogP contribution in [0, 0.1) is 11.8 Å². The highest BCUT2D eigenvalue weighted by molar-refractivity contribution is 4.65. The molecule has 0 aliphatic carbocycles. The maximum absolute atomic E-state index is 9.47. The Morgan fingerprint density at radius 3 is 1.69 bits per heavy atom. The largest absolute Gasteiger partial charge is 0.394 e. The molecule has 1 atom stereocenters. The van der Waals surface area contributed by atoms with Gasteiger partial charge in [0.2, 0.25) is 0 Å². The molecular formula is C13H29NO2. The van der Waals surface area contributed by atoms with Crippen LogP contribution in [0.25, 0.3) is 0 Å². The summed E-state index contributed by atoms with van der Waals surface area (Å²) in [5.41, 5.74) is 0. The third-order valence-corrected chi connectivity index (χ3v) is 2.73. The molecule has 0 spiro atoms. The maximum atomic E-state index is 9.47. The molecule has 0 rings (SSSR count). The minimum absolute atomic E-state index is 0.139. The summed E-state index contributed by atoms with van der Waals surface area (Å²) in [5, 5.41) is 18.3. The van der Waals surface area contributed by atoms with E-state index in [9.17, 15) is 5.11 Å². The van der Waals surface area contributed by atoms with Gasteiger partial charge in [0.15, 0.2) is 0 Å². The van der Waals surface area contributed by atoms with Gasteiger partial charge in [0, 0.05) is 6.54 Å². The minimum atomic E-state index is -0.598. The molecule has 3 heteroatoms. The van der Waals surface area contributed by atoms with Crippen molar-refractivity contribution in [3.63, 3.8) is 0 Å². The predicted octanol–water partition coefficient (Wildman–Crippen LogP) is 1.73. The average Bonchev–Trinajstić information content (AvgIpc) is 2.21. The molecule has 0 aliphatic rings. The highest BCUT2D eigenvalue weighted by Crippen LogP contribution is 2.07. The van der Waals surface area contributed by atoms with E-state index in [1.807, 2.05) is 0 Å². The van der Waals surface area contributed by atoms with Gasteiger partial charge < -0.3 is 15.1 Å². The summed E-state index contributed by atoms with van der Waals surface area (Å²) < 4.78 is 0. The van der Waals surface area contributed by atoms with Crippen molar-refractivity contribution in [2.24, 2.45) is 11.8 Å². The van der Waals surface area contributed by atoms with Gasteiger partial charge in [-0.2, -0.15) is 0 Å². The second-order valence-corrected chi connectivity index (χ2v) is 5.50. The molecule has 16 heavy (non-hydrogen) atoms. The van der Waals surface area contributed by atoms with Gasteiger partial charge in [0.1, 0.15) is 0 Å². The van der Waals surface area contributed by atoms with Crippen molar-refractivity contribution in [2.75, 3.05) is 26.2 Å². The molecule has 0 saturated carbocycles. The van der Waals surface area contributed by atoms with Crippen molar-refractivity contribution in [1.82, 2.24) is 4.90 Å². The Labute approximate surface area is 100 Å². The summed E-state index contributed by atoms with van der Waals surface area (Å²) in [4.78, 5) is 2.26. The molecule has 0 saturated heterocycles. The lowest BCUT2D eigenvalue weighted by Gasteiger charge is -2.25. The molecule has 98 valence electrons. The van der Waals surface area contributed by atoms with Crippen LogP contribution in [0.15, 0.2) is 0 Å². The third-order valence-electron chi connectivity index (χ3n) is 2.73. The van der Waals surface area contributed by atoms with Gasteiger partial charge in [-0.05, 0) is 37.8 Å². The van der Waals surface area contributed by atoms with Crippen LogP contribution in [-0.2, 0) is 0 Å². The number of aliphatic hydroxyl groups is 2. The summed E-state index contributed by atoms with van der Waals surface area (Å²) in [6.07, 6.45) is 1.70. The van der Waals surface area contributed by atoms with Gasteiger partial charge in [0.25, 0.3) is 0 Å². The van der Waals surface area contributed by atoms with E-state index in [0.29, 0.717) is 18.4 Å². The van der Waals surface area contributed by atoms with Crippen LogP contribution in [0.1, 0.15) is 40.5 Å². The Kier molecular flexibility index (Phi) is 8.90. The van der Waals surface area contributed by atoms with E-state index in [1.165, 1.54) is 0 Å². The van der Waals surface area contributed by atoms with Gasteiger partial charge in [-0.3, -0.25) is 0 Å². The first kappa shape index (κ1) is 15.9. The normalized spacial score (nSPS) is 14.1. The standard InChI is InChI=1S/C13H29NO2/c1-11(2)5-7-14(8-6-12(3)4)9-13(16)10-15/h11-13,15-16H,5-10H2,1-4H3. The van der Waals surface area contributed by atoms with Crippen molar-refractivity contribution in [2.45, 2.75) is 46.6 Å². The Bertz CT molecular complexity index is 148. The Hall–Kier alpha value is -0.120. The molecular weight excluding hydrogens is 202 g/mol. The molecule has 0 aromatic carbocycles. The fourth-order valence-corrected chi connectivity index (χ4v) is 1.53. The lowest BCUT2D eigenvalue weighted by atomic mass is 10.1. The molecule has 0 aliphatic heterocycles. The Morgan fingerprint density at radius 1 is 0.938 bits per heavy atom. The first-order chi connectivity index (χ1) is 7.45. The lowest BCUT2D eigenvalue weighted by Crippen LogP contribution is -2.36. The number of rotatable bonds is 9. The molecule has 0 bridgehead atoms. The molecule has 0 radical (unpaired) electrons. The van der Waals surface area contributed by atoms with E-state index in [1.54, 1.807) is 0 Å². The quantitative estimate of drug-likeness (QED) is 0.635. The number of hydrogen-bond acceptors (Lipinski definition) is 3. The summed E-state index contributed by atoms with van der Waals surface area (Å²) in [7, 11) is 0. The molecule has 2 N–H and O–H groups in total. The Balaban J connectivity index is 3.94. The molecule has 0 amide bonds. The van der Waals surface area contributed by atoms with Crippen molar-refractivity contribution in [3.05, 3.63) is 0 Å². The van der Waals surface area contributed by atoms with Crippen molar-refractivity contribution in [3.8, 4) is 0 Å². The fraction of sp³-hybridized carbons (Fsp3) is 1.00. The topological polar surface area (TPSA) is 43.7 Å². The second kappa shape index (κ2) is 8.97. The van der Waals surface area contributed by atoms with Crippen LogP contribution >= 0.6 is 0 Å². The van der Waals surface area contributed by atoms with Crippen LogP contribution in [0.3, 0.4) is 0 Å². The van der Waals surface area contributed by atoms with E-state index in [-0.39, 0.29) is 6.61 Å². The van der Waals surface area contributed by atoms with Gasteiger partial charge >= 0.3 is 0 Å². The average molecular weight is 231 g/mol. The van der Waals surface area contributed by atoms with E-state index in [4.69, 9.17) is 5.11 Å². The molecule has 3 nitrogen and oxygen atoms in total. The number of hydrogen-bond donors (Lipinski definition) is 2. The summed E-state index contributed by atoms with van der Waals surface area (Å²) in [5.74, 6) is 1.38. The predicted molar refractivity (Wildman–Crippen MR) is 68.4 cm³/mol. The SMILES string of the molecule is CC(C)CCN(CCC(C)C)CC(O)CO. The van der Waals surface area contributed by atoms with E-state index < -0.39 is 6.10 Å². The number of nitrogens with zero attached hydrogens (tertiary/aromatic N) is 1. The van der Waals surface area contributed by atoms with Gasteiger partial charge in [-0.1, -0.05) is 27.7 Å². The van der Waals surface area contributed by atoms with Crippen molar-refractivity contribution >= 4 is 0 Å². The molecule has 0 heterocycles. The highest BCUT2D eigenvalue weighted by atomic mass is 16.3. The van der Waals surface area contributed by atoms with Crippen molar-refractivity contribution in [1.29, 1.82) is 0 Å². The maximum Gasteiger partial charge on any atom is 0.0897 e. The zero-order valence-electron chi connectivity index (χ0n) is 11.3. The second-order valence-electron chi connectivity index (χ2n) is 5.50. The fourth-order valence-electron chi connectivity index (χ4n) is 1.53. The van der Waals surface area contributed by atoms with E-state index in [0.717, 1.165) is 25.9 Å². The highest BCUT2D eigenvalue weighted by Gasteiger charge is 2.11. The van der Waals surface area contributed by atoms with Crippen molar-refractivity contribution < 1.29 is 10.2 Å². The first-order valence-corrected chi connectivity index (χ1v) is 6.47. The lowest BCUT2D eigenvalue weighted by molar-refractivity contribution is 0.0563. The molecule has 0 aromatic heterocycles. The molecule has 0 fully saturated rings. The van der Waals surface area contributed by atoms with Gasteiger partial charge in [0.05, 0.1) is 12.7 Å². The Morgan fingerprint density at radius 2 is 1.38 bits per heavy atom. The van der Waals surface area contributed by atoms with Gasteiger partial charge in [-0.25, -0.2) is 0 Å². The van der Waals surface area contributed by atoms with Crippen LogP contribution in [0.4, 0.5) is 0 Å². The molecule has 0 aromatic rings. The summed E-state index contributed by atoms with van der Waals surface area (Å²) in [6.45, 7) is 11.3. The zero-order valence-corrected chi connectivity index (χ0v) is 11.3. The number of aliphatic hydroxyl groups excluding tert-OH is 2. The minimum Gasteiger partial charge on any atom is -0.394 e.